The minimum absolute atomic E-state index is 0.0767. The van der Waals surface area contributed by atoms with Gasteiger partial charge in [0.25, 0.3) is 0 Å². The van der Waals surface area contributed by atoms with Crippen molar-refractivity contribution in [2.45, 2.75) is 17.4 Å². The van der Waals surface area contributed by atoms with Crippen LogP contribution >= 0.6 is 15.9 Å². The molecule has 0 amide bonds. The molecule has 9 heteroatoms. The Morgan fingerprint density at radius 2 is 1.86 bits per heavy atom. The highest BCUT2D eigenvalue weighted by Gasteiger charge is 2.27. The standard InChI is InChI=1S/C12H17BrN2O4S2/c13-10-1-3-12(4-2-10)21(18,19)15-7-6-14-11-5-8-20(16,17)9-11/h1-4,11,14-15H,5-9H2/t11-/m0/s1. The lowest BCUT2D eigenvalue weighted by molar-refractivity contribution is 0.542. The van der Waals surface area contributed by atoms with Gasteiger partial charge in [-0.1, -0.05) is 15.9 Å². The lowest BCUT2D eigenvalue weighted by Gasteiger charge is -2.11. The maximum atomic E-state index is 12.0. The molecule has 1 saturated heterocycles. The molecule has 0 bridgehead atoms. The molecule has 0 saturated carbocycles. The summed E-state index contributed by atoms with van der Waals surface area (Å²) in [5, 5.41) is 3.06. The van der Waals surface area contributed by atoms with Gasteiger partial charge in [-0.25, -0.2) is 21.6 Å². The summed E-state index contributed by atoms with van der Waals surface area (Å²) in [7, 11) is -6.44. The van der Waals surface area contributed by atoms with Crippen LogP contribution in [0, 0.1) is 0 Å². The van der Waals surface area contributed by atoms with Crippen molar-refractivity contribution >= 4 is 35.8 Å². The third-order valence-corrected chi connectivity index (χ3v) is 6.98. The van der Waals surface area contributed by atoms with Gasteiger partial charge in [-0.15, -0.1) is 0 Å². The van der Waals surface area contributed by atoms with Crippen LogP contribution in [-0.4, -0.2) is 47.5 Å². The van der Waals surface area contributed by atoms with E-state index in [-0.39, 0.29) is 29.0 Å². The van der Waals surface area contributed by atoms with Crippen molar-refractivity contribution in [1.29, 1.82) is 0 Å². The molecule has 1 aliphatic rings. The van der Waals surface area contributed by atoms with Crippen molar-refractivity contribution in [3.05, 3.63) is 28.7 Å². The first-order valence-corrected chi connectivity index (χ1v) is 10.6. The number of rotatable bonds is 6. The normalized spacial score (nSPS) is 21.5. The molecular formula is C12H17BrN2O4S2. The van der Waals surface area contributed by atoms with Gasteiger partial charge in [-0.3, -0.25) is 0 Å². The van der Waals surface area contributed by atoms with Crippen molar-refractivity contribution in [1.82, 2.24) is 10.0 Å². The number of benzene rings is 1. The number of sulfone groups is 1. The first-order chi connectivity index (χ1) is 9.78. The Morgan fingerprint density at radius 3 is 2.43 bits per heavy atom. The van der Waals surface area contributed by atoms with Crippen LogP contribution in [0.2, 0.25) is 0 Å². The summed E-state index contributed by atoms with van der Waals surface area (Å²) in [6.45, 7) is 0.616. The quantitative estimate of drug-likeness (QED) is 0.683. The summed E-state index contributed by atoms with van der Waals surface area (Å²) in [6.07, 6.45) is 0.585. The van der Waals surface area contributed by atoms with Crippen molar-refractivity contribution in [3.8, 4) is 0 Å². The minimum Gasteiger partial charge on any atom is -0.312 e. The van der Waals surface area contributed by atoms with E-state index in [1.165, 1.54) is 12.1 Å². The van der Waals surface area contributed by atoms with Crippen molar-refractivity contribution in [2.75, 3.05) is 24.6 Å². The number of hydrogen-bond acceptors (Lipinski definition) is 5. The van der Waals surface area contributed by atoms with Crippen LogP contribution in [-0.2, 0) is 19.9 Å². The van der Waals surface area contributed by atoms with E-state index >= 15 is 0 Å². The smallest absolute Gasteiger partial charge is 0.240 e. The van der Waals surface area contributed by atoms with Gasteiger partial charge in [0, 0.05) is 23.6 Å². The Kier molecular flexibility index (Phi) is 5.42. The lowest BCUT2D eigenvalue weighted by atomic mass is 10.3. The summed E-state index contributed by atoms with van der Waals surface area (Å²) in [6, 6.07) is 6.28. The third-order valence-electron chi connectivity index (χ3n) is 3.21. The van der Waals surface area contributed by atoms with Crippen LogP contribution in [0.4, 0.5) is 0 Å². The Morgan fingerprint density at radius 1 is 1.19 bits per heavy atom. The summed E-state index contributed by atoms with van der Waals surface area (Å²) in [4.78, 5) is 0.203. The maximum Gasteiger partial charge on any atom is 0.240 e. The Hall–Kier alpha value is -0.480. The maximum absolute atomic E-state index is 12.0. The molecule has 6 nitrogen and oxygen atoms in total. The number of hydrogen-bond donors (Lipinski definition) is 2. The topological polar surface area (TPSA) is 92.3 Å². The predicted octanol–water partition coefficient (Wildman–Crippen LogP) is 0.504. The number of halogens is 1. The zero-order valence-electron chi connectivity index (χ0n) is 11.2. The summed E-state index contributed by atoms with van der Waals surface area (Å²) in [5.74, 6) is 0.335. The van der Waals surface area contributed by atoms with E-state index in [1.807, 2.05) is 0 Å². The van der Waals surface area contributed by atoms with E-state index in [4.69, 9.17) is 0 Å². The predicted molar refractivity (Wildman–Crippen MR) is 84.4 cm³/mol. The monoisotopic (exact) mass is 396 g/mol. The molecule has 0 spiro atoms. The van der Waals surface area contributed by atoms with Crippen LogP contribution in [0.15, 0.2) is 33.6 Å². The molecule has 1 aromatic carbocycles. The fraction of sp³-hybridized carbons (Fsp3) is 0.500. The van der Waals surface area contributed by atoms with E-state index in [2.05, 4.69) is 26.0 Å². The van der Waals surface area contributed by atoms with Crippen LogP contribution in [0.3, 0.4) is 0 Å². The second-order valence-electron chi connectivity index (χ2n) is 4.91. The van der Waals surface area contributed by atoms with Gasteiger partial charge in [0.05, 0.1) is 16.4 Å². The van der Waals surface area contributed by atoms with Gasteiger partial charge in [0.2, 0.25) is 10.0 Å². The molecule has 2 N–H and O–H groups in total. The van der Waals surface area contributed by atoms with E-state index < -0.39 is 19.9 Å². The molecule has 1 heterocycles. The largest absolute Gasteiger partial charge is 0.312 e. The molecule has 0 aromatic heterocycles. The highest BCUT2D eigenvalue weighted by atomic mass is 79.9. The van der Waals surface area contributed by atoms with Crippen molar-refractivity contribution in [3.63, 3.8) is 0 Å². The lowest BCUT2D eigenvalue weighted by Crippen LogP contribution is -2.37. The summed E-state index contributed by atoms with van der Waals surface area (Å²) < 4.78 is 49.9. The molecule has 2 rings (SSSR count). The SMILES string of the molecule is O=S1(=O)CC[C@H](NCCNS(=O)(=O)c2ccc(Br)cc2)C1. The van der Waals surface area contributed by atoms with Gasteiger partial charge < -0.3 is 5.32 Å². The first-order valence-electron chi connectivity index (χ1n) is 6.47. The van der Waals surface area contributed by atoms with Crippen LogP contribution < -0.4 is 10.0 Å². The first kappa shape index (κ1) is 16.9. The zero-order valence-corrected chi connectivity index (χ0v) is 14.5. The van der Waals surface area contributed by atoms with Crippen molar-refractivity contribution < 1.29 is 16.8 Å². The van der Waals surface area contributed by atoms with Gasteiger partial charge in [0.15, 0.2) is 9.84 Å². The van der Waals surface area contributed by atoms with E-state index in [0.717, 1.165) is 4.47 Å². The molecule has 0 aliphatic carbocycles. The second-order valence-corrected chi connectivity index (χ2v) is 9.82. The van der Waals surface area contributed by atoms with Crippen molar-refractivity contribution in [2.24, 2.45) is 0 Å². The van der Waals surface area contributed by atoms with Crippen LogP contribution in [0.1, 0.15) is 6.42 Å². The van der Waals surface area contributed by atoms with E-state index in [9.17, 15) is 16.8 Å². The Bertz CT molecular complexity index is 686. The second kappa shape index (κ2) is 6.74. The molecular weight excluding hydrogens is 380 g/mol. The minimum atomic E-state index is -3.52. The Labute approximate surface area is 133 Å². The summed E-state index contributed by atoms with van der Waals surface area (Å²) in [5.41, 5.74) is 0. The van der Waals surface area contributed by atoms with Gasteiger partial charge in [0.1, 0.15) is 0 Å². The average molecular weight is 397 g/mol. The molecule has 1 fully saturated rings. The molecule has 1 aliphatic heterocycles. The molecule has 1 atom stereocenters. The van der Waals surface area contributed by atoms with E-state index in [0.29, 0.717) is 13.0 Å². The summed E-state index contributed by atoms with van der Waals surface area (Å²) >= 11 is 3.25. The number of nitrogens with one attached hydrogen (secondary N) is 2. The third kappa shape index (κ3) is 5.03. The fourth-order valence-electron chi connectivity index (χ4n) is 2.11. The number of sulfonamides is 1. The molecule has 21 heavy (non-hydrogen) atoms. The molecule has 118 valence electrons. The van der Waals surface area contributed by atoms with Gasteiger partial charge >= 0.3 is 0 Å². The molecule has 0 unspecified atom stereocenters. The van der Waals surface area contributed by atoms with Gasteiger partial charge in [-0.05, 0) is 30.7 Å². The molecule has 0 radical (unpaired) electrons. The highest BCUT2D eigenvalue weighted by Crippen LogP contribution is 2.14. The van der Waals surface area contributed by atoms with Gasteiger partial charge in [-0.2, -0.15) is 0 Å². The molecule has 1 aromatic rings. The van der Waals surface area contributed by atoms with E-state index in [1.54, 1.807) is 12.1 Å². The van der Waals surface area contributed by atoms with Crippen LogP contribution in [0.25, 0.3) is 0 Å². The zero-order chi connectivity index (χ0) is 15.5. The fourth-order valence-corrected chi connectivity index (χ4v) is 5.12. The van der Waals surface area contributed by atoms with Crippen LogP contribution in [0.5, 0.6) is 0 Å². The highest BCUT2D eigenvalue weighted by molar-refractivity contribution is 9.10. The Balaban J connectivity index is 1.79. The average Bonchev–Trinajstić information content (AvgIpc) is 2.75.